The van der Waals surface area contributed by atoms with Crippen molar-refractivity contribution in [3.8, 4) is 11.3 Å². The lowest BCUT2D eigenvalue weighted by atomic mass is 9.91. The lowest BCUT2D eigenvalue weighted by molar-refractivity contribution is 0.0866. The summed E-state index contributed by atoms with van der Waals surface area (Å²) in [5, 5.41) is 9.12. The number of methoxy groups -OCH3 is 1. The van der Waals surface area contributed by atoms with Crippen LogP contribution in [0.2, 0.25) is 0 Å². The Morgan fingerprint density at radius 3 is 2.58 bits per heavy atom. The van der Waals surface area contributed by atoms with Crippen LogP contribution in [0.15, 0.2) is 73.2 Å². The molecule has 5 aromatic rings. The minimum atomic E-state index is -0.131. The predicted octanol–water partition coefficient (Wildman–Crippen LogP) is 4.82. The van der Waals surface area contributed by atoms with E-state index in [9.17, 15) is 4.79 Å². The third-order valence-corrected chi connectivity index (χ3v) is 7.54. The van der Waals surface area contributed by atoms with Crippen LogP contribution in [0, 0.1) is 5.92 Å². The minimum absolute atomic E-state index is 0.0475. The van der Waals surface area contributed by atoms with Crippen LogP contribution in [0.5, 0.6) is 0 Å². The molecule has 0 bridgehead atoms. The van der Waals surface area contributed by atoms with Crippen molar-refractivity contribution >= 4 is 22.6 Å². The highest BCUT2D eigenvalue weighted by atomic mass is 16.5. The van der Waals surface area contributed by atoms with Gasteiger partial charge in [-0.05, 0) is 54.7 Å². The van der Waals surface area contributed by atoms with Crippen molar-refractivity contribution in [2.75, 3.05) is 13.7 Å². The zero-order valence-electron chi connectivity index (χ0n) is 21.8. The average molecular weight is 507 g/mol. The number of amides is 1. The van der Waals surface area contributed by atoms with Crippen molar-refractivity contribution in [1.29, 1.82) is 0 Å². The van der Waals surface area contributed by atoms with Gasteiger partial charge in [0.25, 0.3) is 11.7 Å². The first kappa shape index (κ1) is 24.2. The fourth-order valence-corrected chi connectivity index (χ4v) is 5.05. The molecule has 0 radical (unpaired) electrons. The molecular weight excluding hydrogens is 476 g/mol. The molecule has 8 nitrogen and oxygen atoms in total. The summed E-state index contributed by atoms with van der Waals surface area (Å²) < 4.78 is 7.12. The monoisotopic (exact) mass is 506 g/mol. The first-order valence-electron chi connectivity index (χ1n) is 13.0. The molecule has 0 aliphatic heterocycles. The van der Waals surface area contributed by atoms with E-state index in [-0.39, 0.29) is 23.3 Å². The van der Waals surface area contributed by atoms with E-state index in [1.807, 2.05) is 47.2 Å². The maximum atomic E-state index is 12.8. The summed E-state index contributed by atoms with van der Waals surface area (Å²) in [6.07, 6.45) is 7.51. The highest BCUT2D eigenvalue weighted by molar-refractivity contribution is 5.94. The number of rotatable bonds is 8. The molecule has 1 aliphatic carbocycles. The molecule has 2 aromatic carbocycles. The number of nitrogens with zero attached hydrogens (tertiary/aromatic N) is 5. The van der Waals surface area contributed by atoms with Crippen LogP contribution in [0.3, 0.4) is 0 Å². The summed E-state index contributed by atoms with van der Waals surface area (Å²) in [5.41, 5.74) is 5.34. The Kier molecular flexibility index (Phi) is 6.12. The van der Waals surface area contributed by atoms with Gasteiger partial charge in [0, 0.05) is 35.2 Å². The lowest BCUT2D eigenvalue weighted by Crippen LogP contribution is -2.41. The van der Waals surface area contributed by atoms with Crippen LogP contribution in [0.1, 0.15) is 48.3 Å². The van der Waals surface area contributed by atoms with Gasteiger partial charge in [0.15, 0.2) is 0 Å². The maximum Gasteiger partial charge on any atom is 0.251 e. The zero-order valence-corrected chi connectivity index (χ0v) is 21.8. The van der Waals surface area contributed by atoms with Crippen molar-refractivity contribution in [2.45, 2.75) is 38.1 Å². The van der Waals surface area contributed by atoms with Crippen LogP contribution in [0.4, 0.5) is 0 Å². The summed E-state index contributed by atoms with van der Waals surface area (Å²) in [6.45, 7) is 4.60. The highest BCUT2D eigenvalue weighted by Gasteiger charge is 2.48. The Morgan fingerprint density at radius 1 is 1.05 bits per heavy atom. The molecule has 3 heterocycles. The zero-order chi connectivity index (χ0) is 26.3. The number of aromatic nitrogens is 5. The van der Waals surface area contributed by atoms with Crippen molar-refractivity contribution < 1.29 is 9.53 Å². The third-order valence-electron chi connectivity index (χ3n) is 7.54. The van der Waals surface area contributed by atoms with Crippen molar-refractivity contribution in [2.24, 2.45) is 5.92 Å². The Hall–Kier alpha value is -4.17. The Bertz CT molecular complexity index is 1620. The Labute approximate surface area is 221 Å². The topological polar surface area (TPSA) is 94.3 Å². The molecule has 0 spiro atoms. The van der Waals surface area contributed by atoms with E-state index < -0.39 is 0 Å². The van der Waals surface area contributed by atoms with Crippen molar-refractivity contribution in [3.05, 3.63) is 90.0 Å². The molecule has 1 amide bonds. The van der Waals surface area contributed by atoms with Gasteiger partial charge >= 0.3 is 0 Å². The highest BCUT2D eigenvalue weighted by Crippen LogP contribution is 2.53. The second-order valence-corrected chi connectivity index (χ2v) is 10.3. The maximum absolute atomic E-state index is 12.8. The quantitative estimate of drug-likeness (QED) is 0.324. The molecule has 1 fully saturated rings. The van der Waals surface area contributed by atoms with Crippen molar-refractivity contribution in [3.63, 3.8) is 0 Å². The van der Waals surface area contributed by atoms with Crippen LogP contribution < -0.4 is 5.32 Å². The largest absolute Gasteiger partial charge is 0.383 e. The summed E-state index contributed by atoms with van der Waals surface area (Å²) >= 11 is 0. The van der Waals surface area contributed by atoms with Gasteiger partial charge in [-0.1, -0.05) is 38.1 Å². The van der Waals surface area contributed by atoms with E-state index in [0.29, 0.717) is 17.9 Å². The Balaban J connectivity index is 1.29. The molecule has 1 aliphatic rings. The number of carbonyl (C=O) groups excluding carboxylic acids is 1. The van der Waals surface area contributed by atoms with Crippen molar-refractivity contribution in [1.82, 2.24) is 29.9 Å². The van der Waals surface area contributed by atoms with Crippen LogP contribution in [0.25, 0.3) is 27.9 Å². The lowest BCUT2D eigenvalue weighted by Gasteiger charge is -2.21. The van der Waals surface area contributed by atoms with E-state index in [1.54, 1.807) is 13.3 Å². The van der Waals surface area contributed by atoms with Gasteiger partial charge in [-0.3, -0.25) is 9.78 Å². The number of imidazole rings is 1. The molecule has 6 rings (SSSR count). The third kappa shape index (κ3) is 4.31. The molecule has 1 unspecified atom stereocenters. The molecule has 1 saturated carbocycles. The number of fused-ring (bicyclic) bond motifs is 2. The minimum Gasteiger partial charge on any atom is -0.383 e. The summed E-state index contributed by atoms with van der Waals surface area (Å²) in [4.78, 5) is 26.4. The average Bonchev–Trinajstić information content (AvgIpc) is 3.64. The van der Waals surface area contributed by atoms with E-state index in [4.69, 9.17) is 9.84 Å². The van der Waals surface area contributed by atoms with Gasteiger partial charge in [-0.25, -0.2) is 9.97 Å². The summed E-state index contributed by atoms with van der Waals surface area (Å²) in [6, 6.07) is 18.0. The molecule has 38 heavy (non-hydrogen) atoms. The van der Waals surface area contributed by atoms with Crippen LogP contribution >= 0.6 is 0 Å². The molecule has 192 valence electrons. The van der Waals surface area contributed by atoms with Gasteiger partial charge in [0.2, 0.25) is 0 Å². The van der Waals surface area contributed by atoms with Gasteiger partial charge in [0.1, 0.15) is 5.69 Å². The summed E-state index contributed by atoms with van der Waals surface area (Å²) in [7, 11) is 1.64. The SMILES string of the molecule is COCC(NC(=O)c1ccc(-c2cnc3ncc(C4(c5ccc6ncccc6c5)CC4)n3n2)cc1)C(C)C. The number of carbonyl (C=O) groups is 1. The molecule has 1 atom stereocenters. The number of hydrogen-bond acceptors (Lipinski definition) is 6. The number of nitrogens with one attached hydrogen (secondary N) is 1. The second kappa shape index (κ2) is 9.61. The molecular formula is C30H30N6O2. The van der Waals surface area contributed by atoms with Gasteiger partial charge in [-0.15, -0.1) is 0 Å². The fraction of sp³-hybridized carbons (Fsp3) is 0.300. The molecule has 1 N–H and O–H groups in total. The summed E-state index contributed by atoms with van der Waals surface area (Å²) in [5.74, 6) is 0.726. The first-order valence-corrected chi connectivity index (χ1v) is 13.0. The first-order chi connectivity index (χ1) is 18.5. The number of benzene rings is 2. The number of hydrogen-bond donors (Lipinski definition) is 1. The Morgan fingerprint density at radius 2 is 1.84 bits per heavy atom. The molecule has 8 heteroatoms. The standard InChI is InChI=1S/C30H30N6O2/c1-19(2)26(18-38-3)34-28(37)21-8-6-20(7-9-21)25-16-32-29-33-17-27(36(29)35-25)30(12-13-30)23-10-11-24-22(15-23)5-4-14-31-24/h4-11,14-17,19,26H,12-13,18H2,1-3H3,(H,34,37). The van der Waals surface area contributed by atoms with E-state index >= 15 is 0 Å². The molecule has 0 saturated heterocycles. The molecule has 3 aromatic heterocycles. The van der Waals surface area contributed by atoms with Crippen LogP contribution in [-0.4, -0.2) is 50.2 Å². The second-order valence-electron chi connectivity index (χ2n) is 10.3. The predicted molar refractivity (Wildman–Crippen MR) is 146 cm³/mol. The van der Waals surface area contributed by atoms with Gasteiger partial charge < -0.3 is 10.1 Å². The van der Waals surface area contributed by atoms with Crippen LogP contribution in [-0.2, 0) is 10.2 Å². The fourth-order valence-electron chi connectivity index (χ4n) is 5.05. The van der Waals surface area contributed by atoms with E-state index in [0.717, 1.165) is 40.7 Å². The van der Waals surface area contributed by atoms with E-state index in [1.165, 1.54) is 5.56 Å². The van der Waals surface area contributed by atoms with Gasteiger partial charge in [0.05, 0.1) is 36.3 Å². The normalized spacial score (nSPS) is 15.2. The number of ether oxygens (including phenoxy) is 1. The smallest absolute Gasteiger partial charge is 0.251 e. The van der Waals surface area contributed by atoms with E-state index in [2.05, 4.69) is 58.4 Å². The van der Waals surface area contributed by atoms with Gasteiger partial charge in [-0.2, -0.15) is 9.61 Å². The number of pyridine rings is 1.